The molecule has 0 amide bonds. The first-order chi connectivity index (χ1) is 9.63. The lowest BCUT2D eigenvalue weighted by Gasteiger charge is -2.05. The molecule has 0 aliphatic carbocycles. The molecule has 2 aromatic carbocycles. The summed E-state index contributed by atoms with van der Waals surface area (Å²) in [5, 5.41) is 11.1. The van der Waals surface area contributed by atoms with Gasteiger partial charge in [0.15, 0.2) is 0 Å². The zero-order valence-corrected chi connectivity index (χ0v) is 11.8. The largest absolute Gasteiger partial charge is 0.506 e. The molecule has 3 rings (SSSR count). The van der Waals surface area contributed by atoms with Gasteiger partial charge >= 0.3 is 0 Å². The summed E-state index contributed by atoms with van der Waals surface area (Å²) in [6.45, 7) is 2.07. The Balaban J connectivity index is 2.30. The van der Waals surface area contributed by atoms with Gasteiger partial charge in [0.1, 0.15) is 11.5 Å². The summed E-state index contributed by atoms with van der Waals surface area (Å²) in [5.74, 6) is 1.15. The lowest BCUT2D eigenvalue weighted by Crippen LogP contribution is -1.91. The smallest absolute Gasteiger partial charge is 0.139 e. The molecule has 102 valence electrons. The average Bonchev–Trinajstić information content (AvgIpc) is 2.72. The number of benzene rings is 2. The summed E-state index contributed by atoms with van der Waals surface area (Å²) in [7, 11) is 3.64. The first-order valence-corrected chi connectivity index (χ1v) is 6.55. The fourth-order valence-electron chi connectivity index (χ4n) is 2.74. The third-order valence-electron chi connectivity index (χ3n) is 3.86. The Morgan fingerprint density at radius 1 is 1.05 bits per heavy atom. The first-order valence-electron chi connectivity index (χ1n) is 6.55. The Morgan fingerprint density at radius 2 is 1.75 bits per heavy atom. The lowest BCUT2D eigenvalue weighted by molar-refractivity contribution is 0.415. The van der Waals surface area contributed by atoms with Gasteiger partial charge in [0, 0.05) is 23.7 Å². The monoisotopic (exact) mass is 267 g/mol. The molecule has 3 heteroatoms. The molecule has 0 aliphatic heterocycles. The molecule has 20 heavy (non-hydrogen) atoms. The number of aromatic nitrogens is 1. The summed E-state index contributed by atoms with van der Waals surface area (Å²) in [6, 6.07) is 13.6. The SMILES string of the molecule is COc1ccc(-c2c(C)n(C)c3c(O)cccc23)cc1. The second kappa shape index (κ2) is 4.60. The van der Waals surface area contributed by atoms with Crippen molar-refractivity contribution < 1.29 is 9.84 Å². The maximum Gasteiger partial charge on any atom is 0.139 e. The van der Waals surface area contributed by atoms with Crippen LogP contribution >= 0.6 is 0 Å². The van der Waals surface area contributed by atoms with E-state index in [1.54, 1.807) is 13.2 Å². The minimum absolute atomic E-state index is 0.313. The number of aromatic hydroxyl groups is 1. The topological polar surface area (TPSA) is 34.4 Å². The fraction of sp³-hybridized carbons (Fsp3) is 0.176. The molecule has 0 radical (unpaired) electrons. The van der Waals surface area contributed by atoms with Crippen LogP contribution in [0.3, 0.4) is 0 Å². The maximum absolute atomic E-state index is 10.1. The van der Waals surface area contributed by atoms with Crippen molar-refractivity contribution in [2.45, 2.75) is 6.92 Å². The quantitative estimate of drug-likeness (QED) is 0.765. The van der Waals surface area contributed by atoms with Gasteiger partial charge < -0.3 is 14.4 Å². The Hall–Kier alpha value is -2.42. The highest BCUT2D eigenvalue weighted by molar-refractivity contribution is 6.00. The Morgan fingerprint density at radius 3 is 2.40 bits per heavy atom. The Kier molecular flexibility index (Phi) is 2.90. The molecule has 1 heterocycles. The van der Waals surface area contributed by atoms with Crippen LogP contribution in [0.5, 0.6) is 11.5 Å². The van der Waals surface area contributed by atoms with E-state index in [0.717, 1.165) is 33.5 Å². The molecular weight excluding hydrogens is 250 g/mol. The van der Waals surface area contributed by atoms with Crippen molar-refractivity contribution in [1.82, 2.24) is 4.57 Å². The van der Waals surface area contributed by atoms with E-state index in [0.29, 0.717) is 5.75 Å². The number of methoxy groups -OCH3 is 1. The second-order valence-corrected chi connectivity index (χ2v) is 4.92. The summed E-state index contributed by atoms with van der Waals surface area (Å²) < 4.78 is 7.23. The van der Waals surface area contributed by atoms with Crippen LogP contribution < -0.4 is 4.74 Å². The van der Waals surface area contributed by atoms with E-state index in [9.17, 15) is 5.11 Å². The highest BCUT2D eigenvalue weighted by Crippen LogP contribution is 2.37. The van der Waals surface area contributed by atoms with Gasteiger partial charge in [-0.1, -0.05) is 24.3 Å². The van der Waals surface area contributed by atoms with E-state index in [-0.39, 0.29) is 0 Å². The number of nitrogens with zero attached hydrogens (tertiary/aromatic N) is 1. The molecule has 0 fully saturated rings. The number of hydrogen-bond acceptors (Lipinski definition) is 2. The molecule has 0 spiro atoms. The number of phenols is 1. The Labute approximate surface area is 118 Å². The van der Waals surface area contributed by atoms with Crippen molar-refractivity contribution in [3.63, 3.8) is 0 Å². The molecule has 1 aromatic heterocycles. The number of ether oxygens (including phenoxy) is 1. The number of para-hydroxylation sites is 1. The van der Waals surface area contributed by atoms with Gasteiger partial charge in [-0.3, -0.25) is 0 Å². The van der Waals surface area contributed by atoms with Crippen LogP contribution in [0, 0.1) is 6.92 Å². The van der Waals surface area contributed by atoms with Crippen molar-refractivity contribution >= 4 is 10.9 Å². The van der Waals surface area contributed by atoms with Crippen molar-refractivity contribution in [3.8, 4) is 22.6 Å². The maximum atomic E-state index is 10.1. The molecule has 0 bridgehead atoms. The minimum atomic E-state index is 0.313. The van der Waals surface area contributed by atoms with E-state index in [1.165, 1.54) is 0 Å². The summed E-state index contributed by atoms with van der Waals surface area (Å²) in [4.78, 5) is 0. The molecular formula is C17H17NO2. The molecule has 0 saturated heterocycles. The van der Waals surface area contributed by atoms with E-state index in [1.807, 2.05) is 48.0 Å². The van der Waals surface area contributed by atoms with E-state index < -0.39 is 0 Å². The molecule has 3 aromatic rings. The van der Waals surface area contributed by atoms with Crippen LogP contribution in [-0.2, 0) is 7.05 Å². The highest BCUT2D eigenvalue weighted by atomic mass is 16.5. The summed E-state index contributed by atoms with van der Waals surface area (Å²) in [5.41, 5.74) is 4.28. The standard InChI is InChI=1S/C17H17NO2/c1-11-16(12-7-9-13(20-3)10-8-12)14-5-4-6-15(19)17(14)18(11)2/h4-10,19H,1-3H3. The van der Waals surface area contributed by atoms with Crippen molar-refractivity contribution in [2.24, 2.45) is 7.05 Å². The van der Waals surface area contributed by atoms with Crippen LogP contribution in [0.2, 0.25) is 0 Å². The van der Waals surface area contributed by atoms with Gasteiger partial charge in [-0.15, -0.1) is 0 Å². The third-order valence-corrected chi connectivity index (χ3v) is 3.86. The molecule has 0 unspecified atom stereocenters. The van der Waals surface area contributed by atoms with Gasteiger partial charge in [-0.05, 0) is 30.7 Å². The fourth-order valence-corrected chi connectivity index (χ4v) is 2.74. The Bertz CT molecular complexity index is 770. The van der Waals surface area contributed by atoms with Crippen molar-refractivity contribution in [3.05, 3.63) is 48.2 Å². The van der Waals surface area contributed by atoms with Crippen LogP contribution in [0.1, 0.15) is 5.69 Å². The highest BCUT2D eigenvalue weighted by Gasteiger charge is 2.15. The number of fused-ring (bicyclic) bond motifs is 1. The average molecular weight is 267 g/mol. The molecule has 0 saturated carbocycles. The van der Waals surface area contributed by atoms with Crippen molar-refractivity contribution in [1.29, 1.82) is 0 Å². The third kappa shape index (κ3) is 1.74. The van der Waals surface area contributed by atoms with Crippen molar-refractivity contribution in [2.75, 3.05) is 7.11 Å². The van der Waals surface area contributed by atoms with Crippen LogP contribution in [-0.4, -0.2) is 16.8 Å². The summed E-state index contributed by atoms with van der Waals surface area (Å²) in [6.07, 6.45) is 0. The van der Waals surface area contributed by atoms with E-state index in [4.69, 9.17) is 4.74 Å². The first kappa shape index (κ1) is 12.6. The summed E-state index contributed by atoms with van der Waals surface area (Å²) >= 11 is 0. The number of hydrogen-bond donors (Lipinski definition) is 1. The molecule has 3 nitrogen and oxygen atoms in total. The predicted molar refractivity (Wildman–Crippen MR) is 81.3 cm³/mol. The zero-order chi connectivity index (χ0) is 14.3. The molecule has 1 N–H and O–H groups in total. The van der Waals surface area contributed by atoms with Gasteiger partial charge in [0.2, 0.25) is 0 Å². The van der Waals surface area contributed by atoms with E-state index in [2.05, 4.69) is 6.92 Å². The van der Waals surface area contributed by atoms with E-state index >= 15 is 0 Å². The normalized spacial score (nSPS) is 10.9. The van der Waals surface area contributed by atoms with Gasteiger partial charge in [-0.2, -0.15) is 0 Å². The second-order valence-electron chi connectivity index (χ2n) is 4.92. The minimum Gasteiger partial charge on any atom is -0.506 e. The predicted octanol–water partition coefficient (Wildman–Crippen LogP) is 3.87. The zero-order valence-electron chi connectivity index (χ0n) is 11.8. The molecule has 0 atom stereocenters. The number of aryl methyl sites for hydroxylation is 1. The lowest BCUT2D eigenvalue weighted by atomic mass is 10.0. The van der Waals surface area contributed by atoms with Gasteiger partial charge in [0.05, 0.1) is 12.6 Å². The number of phenolic OH excluding ortho intramolecular Hbond substituents is 1. The van der Waals surface area contributed by atoms with Crippen LogP contribution in [0.25, 0.3) is 22.0 Å². The van der Waals surface area contributed by atoms with Gasteiger partial charge in [0.25, 0.3) is 0 Å². The van der Waals surface area contributed by atoms with Gasteiger partial charge in [-0.25, -0.2) is 0 Å². The number of rotatable bonds is 2. The molecule has 0 aliphatic rings. The van der Waals surface area contributed by atoms with Crippen LogP contribution in [0.15, 0.2) is 42.5 Å². The van der Waals surface area contributed by atoms with Crippen LogP contribution in [0.4, 0.5) is 0 Å².